The molecule has 1 amide bonds. The summed E-state index contributed by atoms with van der Waals surface area (Å²) in [6.07, 6.45) is 4.85. The van der Waals surface area contributed by atoms with Crippen LogP contribution in [0.15, 0.2) is 55.0 Å². The summed E-state index contributed by atoms with van der Waals surface area (Å²) in [6, 6.07) is 11.4. The monoisotopic (exact) mass is 339 g/mol. The zero-order chi connectivity index (χ0) is 17.6. The molecule has 0 fully saturated rings. The quantitative estimate of drug-likeness (QED) is 0.684. The fraction of sp³-hybridized carbons (Fsp3) is 0.176. The van der Waals surface area contributed by atoms with Gasteiger partial charge in [-0.2, -0.15) is 10.2 Å². The second-order valence-corrected chi connectivity index (χ2v) is 5.47. The third kappa shape index (κ3) is 4.54. The number of anilines is 1. The van der Waals surface area contributed by atoms with Crippen LogP contribution < -0.4 is 5.32 Å². The van der Waals surface area contributed by atoms with Gasteiger partial charge in [0.05, 0.1) is 31.4 Å². The maximum atomic E-state index is 12.2. The van der Waals surface area contributed by atoms with Gasteiger partial charge in [-0.15, -0.1) is 0 Å². The predicted molar refractivity (Wildman–Crippen MR) is 90.2 cm³/mol. The number of aryl methyl sites for hydroxylation is 1. The standard InChI is InChI=1S/C17H17N5O3/c23-16(24)7-9-21-8-6-15(20-21)17(25)19-14-10-18-22(12-14)11-13-4-2-1-3-5-13/h1-6,8,10,12H,7,9,11H2,(H,19,25)(H,23,24). The number of carboxylic acid groups (broad SMARTS) is 1. The number of amides is 1. The van der Waals surface area contributed by atoms with E-state index in [0.29, 0.717) is 12.2 Å². The zero-order valence-electron chi connectivity index (χ0n) is 13.4. The van der Waals surface area contributed by atoms with E-state index >= 15 is 0 Å². The first-order valence-electron chi connectivity index (χ1n) is 7.73. The highest BCUT2D eigenvalue weighted by Crippen LogP contribution is 2.09. The van der Waals surface area contributed by atoms with Crippen LogP contribution in [0.5, 0.6) is 0 Å². The highest BCUT2D eigenvalue weighted by Gasteiger charge is 2.11. The number of carboxylic acids is 1. The van der Waals surface area contributed by atoms with Gasteiger partial charge in [-0.25, -0.2) is 0 Å². The zero-order valence-corrected chi connectivity index (χ0v) is 13.4. The minimum Gasteiger partial charge on any atom is -0.481 e. The number of aliphatic carboxylic acids is 1. The van der Waals surface area contributed by atoms with Crippen molar-refractivity contribution in [2.75, 3.05) is 5.32 Å². The summed E-state index contributed by atoms with van der Waals surface area (Å²) >= 11 is 0. The highest BCUT2D eigenvalue weighted by atomic mass is 16.4. The Hall–Kier alpha value is -3.42. The molecule has 0 aliphatic heterocycles. The van der Waals surface area contributed by atoms with Crippen LogP contribution in [0.2, 0.25) is 0 Å². The van der Waals surface area contributed by atoms with Crippen molar-refractivity contribution >= 4 is 17.6 Å². The highest BCUT2D eigenvalue weighted by molar-refractivity contribution is 6.02. The van der Waals surface area contributed by atoms with Crippen molar-refractivity contribution in [2.45, 2.75) is 19.5 Å². The molecule has 0 saturated heterocycles. The fourth-order valence-corrected chi connectivity index (χ4v) is 2.30. The largest absolute Gasteiger partial charge is 0.481 e. The summed E-state index contributed by atoms with van der Waals surface area (Å²) in [6.45, 7) is 0.831. The molecule has 0 unspecified atom stereocenters. The van der Waals surface area contributed by atoms with Crippen LogP contribution in [0.3, 0.4) is 0 Å². The molecule has 3 aromatic rings. The topological polar surface area (TPSA) is 102 Å². The van der Waals surface area contributed by atoms with Gasteiger partial charge in [-0.3, -0.25) is 19.0 Å². The van der Waals surface area contributed by atoms with E-state index in [-0.39, 0.29) is 24.6 Å². The van der Waals surface area contributed by atoms with Crippen molar-refractivity contribution < 1.29 is 14.7 Å². The molecule has 0 bridgehead atoms. The molecule has 2 heterocycles. The Bertz CT molecular complexity index is 869. The van der Waals surface area contributed by atoms with E-state index in [9.17, 15) is 9.59 Å². The molecule has 2 N–H and O–H groups in total. The van der Waals surface area contributed by atoms with Gasteiger partial charge >= 0.3 is 5.97 Å². The number of nitrogens with one attached hydrogen (secondary N) is 1. The summed E-state index contributed by atoms with van der Waals surface area (Å²) < 4.78 is 3.16. The Balaban J connectivity index is 1.59. The van der Waals surface area contributed by atoms with Crippen molar-refractivity contribution in [3.8, 4) is 0 Å². The molecule has 0 saturated carbocycles. The number of carbonyl (C=O) groups is 2. The van der Waals surface area contributed by atoms with Gasteiger partial charge in [0.1, 0.15) is 0 Å². The minimum atomic E-state index is -0.910. The number of carbonyl (C=O) groups excluding carboxylic acids is 1. The van der Waals surface area contributed by atoms with E-state index in [0.717, 1.165) is 5.56 Å². The molecule has 8 heteroatoms. The van der Waals surface area contributed by atoms with E-state index in [1.54, 1.807) is 29.3 Å². The van der Waals surface area contributed by atoms with Crippen LogP contribution in [0.1, 0.15) is 22.5 Å². The summed E-state index contributed by atoms with van der Waals surface area (Å²) in [5.74, 6) is -1.28. The van der Waals surface area contributed by atoms with E-state index in [1.165, 1.54) is 4.68 Å². The lowest BCUT2D eigenvalue weighted by molar-refractivity contribution is -0.137. The first-order chi connectivity index (χ1) is 12.1. The summed E-state index contributed by atoms with van der Waals surface area (Å²) in [4.78, 5) is 22.8. The molecule has 3 rings (SSSR count). The third-order valence-corrected chi connectivity index (χ3v) is 3.51. The van der Waals surface area contributed by atoms with E-state index in [2.05, 4.69) is 15.5 Å². The average Bonchev–Trinajstić information content (AvgIpc) is 3.23. The molecule has 0 spiro atoms. The maximum absolute atomic E-state index is 12.2. The van der Waals surface area contributed by atoms with Crippen LogP contribution >= 0.6 is 0 Å². The molecular formula is C17H17N5O3. The Morgan fingerprint density at radius 2 is 1.92 bits per heavy atom. The van der Waals surface area contributed by atoms with Crippen molar-refractivity contribution in [1.82, 2.24) is 19.6 Å². The molecule has 25 heavy (non-hydrogen) atoms. The number of nitrogens with zero attached hydrogens (tertiary/aromatic N) is 4. The lowest BCUT2D eigenvalue weighted by atomic mass is 10.2. The van der Waals surface area contributed by atoms with E-state index in [4.69, 9.17) is 5.11 Å². The van der Waals surface area contributed by atoms with Gasteiger partial charge in [0.2, 0.25) is 0 Å². The molecule has 2 aromatic heterocycles. The molecule has 0 radical (unpaired) electrons. The average molecular weight is 339 g/mol. The number of rotatable bonds is 7. The lowest BCUT2D eigenvalue weighted by Gasteiger charge is -2.01. The summed E-state index contributed by atoms with van der Waals surface area (Å²) in [5.41, 5.74) is 1.91. The number of benzene rings is 1. The smallest absolute Gasteiger partial charge is 0.305 e. The van der Waals surface area contributed by atoms with Crippen molar-refractivity contribution in [2.24, 2.45) is 0 Å². The van der Waals surface area contributed by atoms with Gasteiger partial charge in [0, 0.05) is 12.4 Å². The Kier molecular flexibility index (Phi) is 4.89. The maximum Gasteiger partial charge on any atom is 0.305 e. The first-order valence-corrected chi connectivity index (χ1v) is 7.73. The normalized spacial score (nSPS) is 10.6. The molecular weight excluding hydrogens is 322 g/mol. The Morgan fingerprint density at radius 1 is 1.12 bits per heavy atom. The van der Waals surface area contributed by atoms with Crippen LogP contribution in [0.4, 0.5) is 5.69 Å². The van der Waals surface area contributed by atoms with Gasteiger partial charge in [-0.1, -0.05) is 30.3 Å². The first kappa shape index (κ1) is 16.4. The molecule has 0 aliphatic rings. The SMILES string of the molecule is O=C(O)CCn1ccc(C(=O)Nc2cnn(Cc3ccccc3)c2)n1. The Morgan fingerprint density at radius 3 is 2.68 bits per heavy atom. The number of aromatic nitrogens is 4. The van der Waals surface area contributed by atoms with Crippen LogP contribution in [-0.2, 0) is 17.9 Å². The molecule has 1 aromatic carbocycles. The molecule has 8 nitrogen and oxygen atoms in total. The second kappa shape index (κ2) is 7.43. The van der Waals surface area contributed by atoms with Crippen LogP contribution in [0, 0.1) is 0 Å². The second-order valence-electron chi connectivity index (χ2n) is 5.47. The summed E-state index contributed by atoms with van der Waals surface area (Å²) in [5, 5.41) is 19.7. The minimum absolute atomic E-state index is 0.0466. The van der Waals surface area contributed by atoms with Crippen molar-refractivity contribution in [1.29, 1.82) is 0 Å². The van der Waals surface area contributed by atoms with Gasteiger partial charge in [0.15, 0.2) is 5.69 Å². The van der Waals surface area contributed by atoms with E-state index < -0.39 is 5.97 Å². The van der Waals surface area contributed by atoms with Gasteiger partial charge < -0.3 is 10.4 Å². The fourth-order valence-electron chi connectivity index (χ4n) is 2.30. The molecule has 0 atom stereocenters. The molecule has 128 valence electrons. The predicted octanol–water partition coefficient (Wildman–Crippen LogP) is 1.85. The summed E-state index contributed by atoms with van der Waals surface area (Å²) in [7, 11) is 0. The third-order valence-electron chi connectivity index (χ3n) is 3.51. The van der Waals surface area contributed by atoms with E-state index in [1.807, 2.05) is 30.3 Å². The van der Waals surface area contributed by atoms with Crippen molar-refractivity contribution in [3.05, 3.63) is 66.2 Å². The van der Waals surface area contributed by atoms with Crippen molar-refractivity contribution in [3.63, 3.8) is 0 Å². The Labute approximate surface area is 143 Å². The number of hydrogen-bond donors (Lipinski definition) is 2. The van der Waals surface area contributed by atoms with Crippen LogP contribution in [0.25, 0.3) is 0 Å². The number of hydrogen-bond acceptors (Lipinski definition) is 4. The van der Waals surface area contributed by atoms with Crippen LogP contribution in [-0.4, -0.2) is 36.5 Å². The lowest BCUT2D eigenvalue weighted by Crippen LogP contribution is -2.13. The van der Waals surface area contributed by atoms with Gasteiger partial charge in [0.25, 0.3) is 5.91 Å². The molecule has 0 aliphatic carbocycles. The van der Waals surface area contributed by atoms with Gasteiger partial charge in [-0.05, 0) is 11.6 Å².